The van der Waals surface area contributed by atoms with Crippen LogP contribution < -0.4 is 0 Å². The number of fused-ring (bicyclic) bond motifs is 8. The fraction of sp³-hybridized carbons (Fsp3) is 0.0244. The first kappa shape index (κ1) is 24.8. The second-order valence-electron chi connectivity index (χ2n) is 11.8. The summed E-state index contributed by atoms with van der Waals surface area (Å²) in [6.45, 7) is 0. The average Bonchev–Trinajstić information content (AvgIpc) is 3.80. The van der Waals surface area contributed by atoms with E-state index in [-0.39, 0.29) is 0 Å². The van der Waals surface area contributed by atoms with Crippen molar-refractivity contribution in [2.24, 2.45) is 0 Å². The van der Waals surface area contributed by atoms with Gasteiger partial charge in [0.25, 0.3) is 0 Å². The van der Waals surface area contributed by atoms with Gasteiger partial charge in [-0.25, -0.2) is 9.97 Å². The van der Waals surface area contributed by atoms with Crippen molar-refractivity contribution in [3.8, 4) is 28.3 Å². The molecule has 210 valence electrons. The first-order chi connectivity index (χ1) is 22.3. The molecular formula is C41H25N3S. The SMILES string of the molecule is C1=Cc2cc(-c3cccc4c3c3cc5ccccc5cc3n4-c3nc(-c4ccccc4)c4c(n3)sc3ccccc34)ccc2C1. The molecule has 0 amide bonds. The van der Waals surface area contributed by atoms with Crippen LogP contribution in [0.5, 0.6) is 0 Å². The molecule has 0 unspecified atom stereocenters. The Hall–Kier alpha value is -5.58. The molecule has 0 saturated heterocycles. The topological polar surface area (TPSA) is 30.7 Å². The largest absolute Gasteiger partial charge is 0.278 e. The maximum Gasteiger partial charge on any atom is 0.236 e. The quantitative estimate of drug-likeness (QED) is 0.205. The molecule has 0 spiro atoms. The summed E-state index contributed by atoms with van der Waals surface area (Å²) in [5.41, 5.74) is 9.41. The molecule has 0 fully saturated rings. The highest BCUT2D eigenvalue weighted by atomic mass is 32.1. The van der Waals surface area contributed by atoms with Crippen molar-refractivity contribution in [1.82, 2.24) is 14.5 Å². The summed E-state index contributed by atoms with van der Waals surface area (Å²) in [7, 11) is 0. The molecule has 0 atom stereocenters. The molecule has 0 bridgehead atoms. The predicted molar refractivity (Wildman–Crippen MR) is 190 cm³/mol. The van der Waals surface area contributed by atoms with E-state index < -0.39 is 0 Å². The standard InChI is InChI=1S/C41H25N3S/c1-2-10-26(11-3-1)39-38-32-16-6-7-19-36(32)45-40(38)43-41(42-39)44-34-18-9-17-31(30-21-20-25-14-8-15-27(25)22-30)37(34)33-23-28-12-4-5-13-29(28)24-35(33)44/h1-13,15-24H,14H2. The summed E-state index contributed by atoms with van der Waals surface area (Å²) in [4.78, 5) is 11.7. The zero-order valence-electron chi connectivity index (χ0n) is 24.2. The smallest absolute Gasteiger partial charge is 0.236 e. The molecule has 6 aromatic carbocycles. The number of benzene rings is 6. The monoisotopic (exact) mass is 591 g/mol. The number of hydrogen-bond acceptors (Lipinski definition) is 3. The first-order valence-corrected chi connectivity index (χ1v) is 16.1. The molecule has 0 aliphatic heterocycles. The molecule has 1 aliphatic carbocycles. The first-order valence-electron chi connectivity index (χ1n) is 15.3. The van der Waals surface area contributed by atoms with Gasteiger partial charge in [-0.15, -0.1) is 11.3 Å². The van der Waals surface area contributed by atoms with E-state index in [0.29, 0.717) is 5.95 Å². The third kappa shape index (κ3) is 3.70. The molecule has 9 aromatic rings. The Morgan fingerprint density at radius 3 is 2.33 bits per heavy atom. The van der Waals surface area contributed by atoms with E-state index in [9.17, 15) is 0 Å². The zero-order chi connectivity index (χ0) is 29.5. The van der Waals surface area contributed by atoms with E-state index >= 15 is 0 Å². The van der Waals surface area contributed by atoms with Crippen LogP contribution in [0.3, 0.4) is 0 Å². The average molecular weight is 592 g/mol. The lowest BCUT2D eigenvalue weighted by atomic mass is 9.96. The van der Waals surface area contributed by atoms with Crippen molar-refractivity contribution in [3.05, 3.63) is 145 Å². The van der Waals surface area contributed by atoms with Crippen molar-refractivity contribution in [2.45, 2.75) is 6.42 Å². The van der Waals surface area contributed by atoms with Crippen LogP contribution in [0.4, 0.5) is 0 Å². The fourth-order valence-corrected chi connectivity index (χ4v) is 8.21. The van der Waals surface area contributed by atoms with E-state index in [2.05, 4.69) is 144 Å². The Labute approximate surface area is 263 Å². The van der Waals surface area contributed by atoms with Crippen molar-refractivity contribution < 1.29 is 0 Å². The second-order valence-corrected chi connectivity index (χ2v) is 12.8. The Morgan fingerprint density at radius 1 is 0.600 bits per heavy atom. The molecular weight excluding hydrogens is 567 g/mol. The van der Waals surface area contributed by atoms with Crippen LogP contribution >= 0.6 is 11.3 Å². The van der Waals surface area contributed by atoms with E-state index in [4.69, 9.17) is 9.97 Å². The Morgan fingerprint density at radius 2 is 1.42 bits per heavy atom. The van der Waals surface area contributed by atoms with Gasteiger partial charge in [0, 0.05) is 31.8 Å². The van der Waals surface area contributed by atoms with Crippen LogP contribution in [0.1, 0.15) is 11.1 Å². The number of rotatable bonds is 3. The molecule has 3 nitrogen and oxygen atoms in total. The van der Waals surface area contributed by atoms with Gasteiger partial charge in [0.1, 0.15) is 4.83 Å². The van der Waals surface area contributed by atoms with Gasteiger partial charge < -0.3 is 0 Å². The van der Waals surface area contributed by atoms with Crippen LogP contribution in [-0.4, -0.2) is 14.5 Å². The van der Waals surface area contributed by atoms with Crippen molar-refractivity contribution in [3.63, 3.8) is 0 Å². The molecule has 4 heteroatoms. The van der Waals surface area contributed by atoms with Crippen molar-refractivity contribution in [2.75, 3.05) is 0 Å². The van der Waals surface area contributed by atoms with Gasteiger partial charge in [-0.1, -0.05) is 109 Å². The summed E-state index contributed by atoms with van der Waals surface area (Å²) in [6.07, 6.45) is 5.50. The molecule has 3 heterocycles. The summed E-state index contributed by atoms with van der Waals surface area (Å²) in [5, 5.41) is 7.16. The molecule has 0 N–H and O–H groups in total. The predicted octanol–water partition coefficient (Wildman–Crippen LogP) is 11.0. The number of thiophene rings is 1. The number of allylic oxidation sites excluding steroid dienone is 1. The molecule has 0 saturated carbocycles. The van der Waals surface area contributed by atoms with Crippen LogP contribution in [-0.2, 0) is 6.42 Å². The highest BCUT2D eigenvalue weighted by molar-refractivity contribution is 7.25. The molecule has 1 aliphatic rings. The number of aromatic nitrogens is 3. The summed E-state index contributed by atoms with van der Waals surface area (Å²) in [5.74, 6) is 0.692. The van der Waals surface area contributed by atoms with Gasteiger partial charge in [-0.2, -0.15) is 0 Å². The molecule has 10 rings (SSSR count). The van der Waals surface area contributed by atoms with Crippen LogP contribution in [0.2, 0.25) is 0 Å². The Balaban J connectivity index is 1.34. The van der Waals surface area contributed by atoms with Gasteiger partial charge in [0.15, 0.2) is 0 Å². The maximum atomic E-state index is 5.42. The third-order valence-electron chi connectivity index (χ3n) is 9.22. The van der Waals surface area contributed by atoms with E-state index in [1.807, 2.05) is 0 Å². The van der Waals surface area contributed by atoms with Gasteiger partial charge in [0.2, 0.25) is 5.95 Å². The van der Waals surface area contributed by atoms with E-state index in [0.717, 1.165) is 38.9 Å². The highest BCUT2D eigenvalue weighted by Gasteiger charge is 2.22. The van der Waals surface area contributed by atoms with Crippen LogP contribution in [0.25, 0.3) is 87.3 Å². The summed E-state index contributed by atoms with van der Waals surface area (Å²) >= 11 is 1.74. The van der Waals surface area contributed by atoms with Gasteiger partial charge in [-0.05, 0) is 69.8 Å². The summed E-state index contributed by atoms with van der Waals surface area (Å²) < 4.78 is 3.50. The van der Waals surface area contributed by atoms with Gasteiger partial charge >= 0.3 is 0 Å². The number of hydrogen-bond donors (Lipinski definition) is 0. The van der Waals surface area contributed by atoms with Crippen LogP contribution in [0.15, 0.2) is 133 Å². The molecule has 0 radical (unpaired) electrons. The minimum absolute atomic E-state index is 0.692. The van der Waals surface area contributed by atoms with Gasteiger partial charge in [-0.3, -0.25) is 4.57 Å². The normalized spacial score (nSPS) is 12.7. The lowest BCUT2D eigenvalue weighted by Gasteiger charge is -2.11. The Kier molecular flexibility index (Phi) is 5.22. The van der Waals surface area contributed by atoms with Crippen molar-refractivity contribution in [1.29, 1.82) is 0 Å². The van der Waals surface area contributed by atoms with Crippen LogP contribution in [0, 0.1) is 0 Å². The number of nitrogens with zero attached hydrogens (tertiary/aromatic N) is 3. The molecule has 45 heavy (non-hydrogen) atoms. The maximum absolute atomic E-state index is 5.42. The lowest BCUT2D eigenvalue weighted by molar-refractivity contribution is 1.02. The van der Waals surface area contributed by atoms with Crippen molar-refractivity contribution >= 4 is 70.3 Å². The van der Waals surface area contributed by atoms with E-state index in [1.54, 1.807) is 11.3 Å². The lowest BCUT2D eigenvalue weighted by Crippen LogP contribution is -2.02. The highest BCUT2D eigenvalue weighted by Crippen LogP contribution is 2.43. The zero-order valence-corrected chi connectivity index (χ0v) is 25.1. The van der Waals surface area contributed by atoms with E-state index in [1.165, 1.54) is 53.9 Å². The van der Waals surface area contributed by atoms with Gasteiger partial charge in [0.05, 0.1) is 16.7 Å². The minimum atomic E-state index is 0.692. The fourth-order valence-electron chi connectivity index (χ4n) is 7.14. The summed E-state index contributed by atoms with van der Waals surface area (Å²) in [6, 6.07) is 45.9. The Bertz CT molecular complexity index is 2680. The third-order valence-corrected chi connectivity index (χ3v) is 10.3. The second kappa shape index (κ2) is 9.46. The minimum Gasteiger partial charge on any atom is -0.278 e. The molecule has 3 aromatic heterocycles.